The molecule has 0 N–H and O–H groups in total. The van der Waals surface area contributed by atoms with E-state index in [1.54, 1.807) is 6.21 Å². The maximum absolute atomic E-state index is 12.4. The van der Waals surface area contributed by atoms with Gasteiger partial charge in [-0.15, -0.1) is 0 Å². The van der Waals surface area contributed by atoms with Gasteiger partial charge in [0.25, 0.3) is 0 Å². The van der Waals surface area contributed by atoms with Crippen molar-refractivity contribution in [1.82, 2.24) is 0 Å². The molecule has 0 unspecified atom stereocenters. The van der Waals surface area contributed by atoms with Gasteiger partial charge in [0.15, 0.2) is 5.78 Å². The first-order chi connectivity index (χ1) is 10.3. The van der Waals surface area contributed by atoms with E-state index in [0.29, 0.717) is 6.42 Å². The maximum Gasteiger partial charge on any atom is 0.168 e. The van der Waals surface area contributed by atoms with Gasteiger partial charge in [-0.2, -0.15) is 0 Å². The molecule has 2 heteroatoms. The second-order valence-corrected chi connectivity index (χ2v) is 4.80. The number of benzene rings is 3. The van der Waals surface area contributed by atoms with Crippen LogP contribution < -0.4 is 0 Å². The Morgan fingerprint density at radius 1 is 0.857 bits per heavy atom. The summed E-state index contributed by atoms with van der Waals surface area (Å²) in [5, 5.41) is 2.08. The van der Waals surface area contributed by atoms with Crippen LogP contribution in [0.3, 0.4) is 0 Å². The molecule has 0 saturated heterocycles. The molecule has 0 aliphatic rings. The predicted molar refractivity (Wildman–Crippen MR) is 87.5 cm³/mol. The molecule has 0 aliphatic heterocycles. The van der Waals surface area contributed by atoms with Crippen molar-refractivity contribution in [3.05, 3.63) is 78.4 Å². The van der Waals surface area contributed by atoms with Crippen molar-refractivity contribution in [3.63, 3.8) is 0 Å². The number of carbonyl (C=O) groups excluding carboxylic acids is 1. The van der Waals surface area contributed by atoms with Gasteiger partial charge < -0.3 is 0 Å². The zero-order valence-corrected chi connectivity index (χ0v) is 11.6. The Kier molecular flexibility index (Phi) is 3.88. The molecular weight excluding hydrogens is 258 g/mol. The summed E-state index contributed by atoms with van der Waals surface area (Å²) in [7, 11) is 0. The van der Waals surface area contributed by atoms with Crippen molar-refractivity contribution in [2.75, 3.05) is 0 Å². The average molecular weight is 273 g/mol. The van der Waals surface area contributed by atoms with Gasteiger partial charge in [-0.1, -0.05) is 60.7 Å². The molecule has 0 fully saturated rings. The number of aliphatic imine (C=N–C) groups is 1. The number of ketones is 1. The predicted octanol–water partition coefficient (Wildman–Crippen LogP) is 4.82. The molecule has 0 aliphatic carbocycles. The van der Waals surface area contributed by atoms with Crippen molar-refractivity contribution in [2.45, 2.75) is 6.42 Å². The van der Waals surface area contributed by atoms with E-state index in [9.17, 15) is 4.79 Å². The molecule has 2 nitrogen and oxygen atoms in total. The SMILES string of the molecule is O=C(CC=Nc1ccccc1)c1cccc2ccccc12. The van der Waals surface area contributed by atoms with E-state index in [4.69, 9.17) is 0 Å². The molecule has 0 spiro atoms. The van der Waals surface area contributed by atoms with Crippen LogP contribution in [-0.2, 0) is 0 Å². The van der Waals surface area contributed by atoms with Crippen molar-refractivity contribution < 1.29 is 4.79 Å². The van der Waals surface area contributed by atoms with E-state index < -0.39 is 0 Å². The molecule has 0 heterocycles. The molecule has 0 aromatic heterocycles. The third kappa shape index (κ3) is 3.06. The number of carbonyl (C=O) groups is 1. The number of hydrogen-bond donors (Lipinski definition) is 0. The van der Waals surface area contributed by atoms with Gasteiger partial charge in [0.05, 0.1) is 5.69 Å². The van der Waals surface area contributed by atoms with Crippen LogP contribution in [0.5, 0.6) is 0 Å². The van der Waals surface area contributed by atoms with Gasteiger partial charge in [-0.05, 0) is 22.9 Å². The van der Waals surface area contributed by atoms with Crippen LogP contribution in [0.15, 0.2) is 77.8 Å². The number of fused-ring (bicyclic) bond motifs is 1. The Hall–Kier alpha value is -2.74. The topological polar surface area (TPSA) is 29.4 Å². The average Bonchev–Trinajstić information content (AvgIpc) is 2.55. The maximum atomic E-state index is 12.4. The first-order valence-corrected chi connectivity index (χ1v) is 6.93. The van der Waals surface area contributed by atoms with Crippen molar-refractivity contribution >= 4 is 28.5 Å². The lowest BCUT2D eigenvalue weighted by molar-refractivity contribution is 0.100. The minimum atomic E-state index is 0.0893. The Balaban J connectivity index is 1.80. The number of nitrogens with zero attached hydrogens (tertiary/aromatic N) is 1. The van der Waals surface area contributed by atoms with Gasteiger partial charge in [-0.25, -0.2) is 0 Å². The fourth-order valence-corrected chi connectivity index (χ4v) is 2.33. The van der Waals surface area contributed by atoms with Crippen molar-refractivity contribution in [1.29, 1.82) is 0 Å². The fraction of sp³-hybridized carbons (Fsp3) is 0.0526. The van der Waals surface area contributed by atoms with E-state index in [0.717, 1.165) is 22.0 Å². The highest BCUT2D eigenvalue weighted by Crippen LogP contribution is 2.19. The Labute approximate surface area is 123 Å². The molecule has 102 valence electrons. The van der Waals surface area contributed by atoms with Crippen molar-refractivity contribution in [3.8, 4) is 0 Å². The molecule has 0 radical (unpaired) electrons. The molecule has 0 atom stereocenters. The first kappa shape index (κ1) is 13.3. The zero-order chi connectivity index (χ0) is 14.5. The van der Waals surface area contributed by atoms with Gasteiger partial charge in [0, 0.05) is 18.2 Å². The second kappa shape index (κ2) is 6.14. The number of hydrogen-bond acceptors (Lipinski definition) is 2. The first-order valence-electron chi connectivity index (χ1n) is 6.93. The largest absolute Gasteiger partial charge is 0.294 e. The lowest BCUT2D eigenvalue weighted by Crippen LogP contribution is -2.00. The highest BCUT2D eigenvalue weighted by Gasteiger charge is 2.08. The summed E-state index contributed by atoms with van der Waals surface area (Å²) >= 11 is 0. The van der Waals surface area contributed by atoms with Crippen LogP contribution in [0.4, 0.5) is 5.69 Å². The van der Waals surface area contributed by atoms with Gasteiger partial charge >= 0.3 is 0 Å². The minimum Gasteiger partial charge on any atom is -0.294 e. The summed E-state index contributed by atoms with van der Waals surface area (Å²) in [6.45, 7) is 0. The molecular formula is C19H15NO. The van der Waals surface area contributed by atoms with Gasteiger partial charge in [0.1, 0.15) is 0 Å². The van der Waals surface area contributed by atoms with Crippen LogP contribution in [0.1, 0.15) is 16.8 Å². The second-order valence-electron chi connectivity index (χ2n) is 4.80. The van der Waals surface area contributed by atoms with Gasteiger partial charge in [-0.3, -0.25) is 9.79 Å². The highest BCUT2D eigenvalue weighted by molar-refractivity contribution is 6.12. The smallest absolute Gasteiger partial charge is 0.168 e. The molecule has 21 heavy (non-hydrogen) atoms. The molecule has 0 saturated carbocycles. The summed E-state index contributed by atoms with van der Waals surface area (Å²) in [6.07, 6.45) is 1.99. The van der Waals surface area contributed by atoms with Crippen LogP contribution in [0, 0.1) is 0 Å². The summed E-state index contributed by atoms with van der Waals surface area (Å²) in [5.74, 6) is 0.0893. The van der Waals surface area contributed by atoms with Gasteiger partial charge in [0.2, 0.25) is 0 Å². The van der Waals surface area contributed by atoms with Crippen LogP contribution in [-0.4, -0.2) is 12.0 Å². The lowest BCUT2D eigenvalue weighted by Gasteiger charge is -2.03. The molecule has 3 rings (SSSR count). The summed E-state index contributed by atoms with van der Waals surface area (Å²) in [6, 6.07) is 23.4. The fourth-order valence-electron chi connectivity index (χ4n) is 2.33. The van der Waals surface area contributed by atoms with E-state index in [2.05, 4.69) is 4.99 Å². The monoisotopic (exact) mass is 273 g/mol. The Morgan fingerprint density at radius 3 is 2.43 bits per heavy atom. The molecule has 0 bridgehead atoms. The van der Waals surface area contributed by atoms with E-state index in [1.807, 2.05) is 72.8 Å². The Morgan fingerprint density at radius 2 is 1.57 bits per heavy atom. The normalized spacial score (nSPS) is 11.0. The van der Waals surface area contributed by atoms with E-state index in [-0.39, 0.29) is 5.78 Å². The van der Waals surface area contributed by atoms with E-state index in [1.165, 1.54) is 0 Å². The minimum absolute atomic E-state index is 0.0893. The molecule has 3 aromatic rings. The lowest BCUT2D eigenvalue weighted by atomic mass is 10.0. The highest BCUT2D eigenvalue weighted by atomic mass is 16.1. The quantitative estimate of drug-likeness (QED) is 0.495. The zero-order valence-electron chi connectivity index (χ0n) is 11.6. The molecule has 3 aromatic carbocycles. The number of para-hydroxylation sites is 1. The Bertz CT molecular complexity index is 786. The third-order valence-electron chi connectivity index (χ3n) is 3.36. The molecule has 0 amide bonds. The van der Waals surface area contributed by atoms with Crippen LogP contribution in [0.25, 0.3) is 10.8 Å². The number of rotatable bonds is 4. The van der Waals surface area contributed by atoms with E-state index >= 15 is 0 Å². The van der Waals surface area contributed by atoms with Crippen molar-refractivity contribution in [2.24, 2.45) is 4.99 Å². The summed E-state index contributed by atoms with van der Waals surface area (Å²) < 4.78 is 0. The number of Topliss-reactive ketones (excluding diaryl/α,β-unsaturated/α-hetero) is 1. The van der Waals surface area contributed by atoms with Crippen LogP contribution >= 0.6 is 0 Å². The third-order valence-corrected chi connectivity index (χ3v) is 3.36. The van der Waals surface area contributed by atoms with Crippen LogP contribution in [0.2, 0.25) is 0 Å². The summed E-state index contributed by atoms with van der Waals surface area (Å²) in [4.78, 5) is 16.7. The summed E-state index contributed by atoms with van der Waals surface area (Å²) in [5.41, 5.74) is 1.62. The standard InChI is InChI=1S/C19H15NO/c21-19(13-14-20-16-9-2-1-3-10-16)18-12-6-8-15-7-4-5-11-17(15)18/h1-12,14H,13H2.